The van der Waals surface area contributed by atoms with Crippen molar-refractivity contribution in [3.8, 4) is 11.1 Å². The molecule has 0 fully saturated rings. The normalized spacial score (nSPS) is 18.0. The molecule has 0 radical (unpaired) electrons. The molecule has 2 aromatic carbocycles. The maximum absolute atomic E-state index is 11.2. The lowest BCUT2D eigenvalue weighted by Crippen LogP contribution is -2.03. The van der Waals surface area contributed by atoms with Crippen molar-refractivity contribution < 1.29 is 19.7 Å². The number of rotatable bonds is 2. The minimum absolute atomic E-state index is 0.448. The fraction of sp³-hybridized carbons (Fsp3) is 0.0625. The van der Waals surface area contributed by atoms with E-state index in [0.717, 1.165) is 15.6 Å². The Balaban J connectivity index is 1.88. The predicted octanol–water partition coefficient (Wildman–Crippen LogP) is 4.04. The number of benzene rings is 2. The van der Waals surface area contributed by atoms with Crippen LogP contribution in [0.15, 0.2) is 64.5 Å². The number of esters is 1. The fourth-order valence-electron chi connectivity index (χ4n) is 2.17. The molecule has 106 valence electrons. The Bertz CT molecular complexity index is 717. The molecular weight excluding hydrogens is 336 g/mol. The molecule has 2 aromatic rings. The second kappa shape index (κ2) is 5.26. The third-order valence-corrected chi connectivity index (χ3v) is 3.83. The molecule has 2 N–H and O–H groups in total. The third kappa shape index (κ3) is 2.52. The first-order valence-electron chi connectivity index (χ1n) is 6.25. The van der Waals surface area contributed by atoms with Crippen LogP contribution in [0.3, 0.4) is 0 Å². The smallest absolute Gasteiger partial charge is 0.378 e. The van der Waals surface area contributed by atoms with Crippen molar-refractivity contribution in [2.45, 2.75) is 6.10 Å². The summed E-state index contributed by atoms with van der Waals surface area (Å²) in [6.07, 6.45) is -0.934. The van der Waals surface area contributed by atoms with E-state index < -0.39 is 23.6 Å². The predicted molar refractivity (Wildman–Crippen MR) is 80.7 cm³/mol. The summed E-state index contributed by atoms with van der Waals surface area (Å²) in [6.45, 7) is 0. The molecule has 1 aliphatic heterocycles. The molecule has 1 aliphatic rings. The van der Waals surface area contributed by atoms with Gasteiger partial charge in [0.05, 0.1) is 0 Å². The van der Waals surface area contributed by atoms with Gasteiger partial charge in [-0.15, -0.1) is 0 Å². The zero-order valence-corrected chi connectivity index (χ0v) is 12.4. The van der Waals surface area contributed by atoms with Gasteiger partial charge in [0.1, 0.15) is 0 Å². The summed E-state index contributed by atoms with van der Waals surface area (Å²) in [5.41, 5.74) is 2.66. The van der Waals surface area contributed by atoms with Crippen molar-refractivity contribution in [1.29, 1.82) is 0 Å². The molecule has 0 amide bonds. The molecular formula is C16H11BrO4. The van der Waals surface area contributed by atoms with Crippen molar-refractivity contribution >= 4 is 21.9 Å². The second-order valence-electron chi connectivity index (χ2n) is 4.65. The van der Waals surface area contributed by atoms with Gasteiger partial charge in [-0.25, -0.2) is 4.79 Å². The fourth-order valence-corrected chi connectivity index (χ4v) is 2.43. The second-order valence-corrected chi connectivity index (χ2v) is 5.56. The highest BCUT2D eigenvalue weighted by Gasteiger charge is 2.35. The summed E-state index contributed by atoms with van der Waals surface area (Å²) in [5, 5.41) is 19.0. The zero-order chi connectivity index (χ0) is 15.0. The largest absolute Gasteiger partial charge is 0.505 e. The molecule has 0 spiro atoms. The number of hydrogen-bond donors (Lipinski definition) is 2. The van der Waals surface area contributed by atoms with Crippen molar-refractivity contribution in [2.24, 2.45) is 0 Å². The summed E-state index contributed by atoms with van der Waals surface area (Å²) >= 11 is 3.39. The number of carbonyl (C=O) groups excluding carboxylic acids is 1. The number of hydrogen-bond acceptors (Lipinski definition) is 4. The first kappa shape index (κ1) is 13.7. The van der Waals surface area contributed by atoms with Gasteiger partial charge in [-0.3, -0.25) is 0 Å². The molecule has 1 atom stereocenters. The van der Waals surface area contributed by atoms with Gasteiger partial charge in [-0.2, -0.15) is 0 Å². The lowest BCUT2D eigenvalue weighted by atomic mass is 10.0. The minimum Gasteiger partial charge on any atom is -0.505 e. The highest BCUT2D eigenvalue weighted by atomic mass is 79.9. The van der Waals surface area contributed by atoms with Gasteiger partial charge in [0, 0.05) is 10.0 Å². The van der Waals surface area contributed by atoms with E-state index in [1.807, 2.05) is 36.4 Å². The number of carbonyl (C=O) groups is 1. The Kier molecular flexibility index (Phi) is 3.43. The van der Waals surface area contributed by atoms with Gasteiger partial charge in [-0.1, -0.05) is 52.3 Å². The van der Waals surface area contributed by atoms with E-state index in [1.165, 1.54) is 0 Å². The lowest BCUT2D eigenvalue weighted by Gasteiger charge is -2.11. The Labute approximate surface area is 129 Å². The number of aliphatic hydroxyl groups excluding tert-OH is 2. The maximum atomic E-state index is 11.2. The quantitative estimate of drug-likeness (QED) is 0.805. The first-order valence-corrected chi connectivity index (χ1v) is 7.04. The van der Waals surface area contributed by atoms with Crippen LogP contribution in [-0.4, -0.2) is 16.2 Å². The van der Waals surface area contributed by atoms with Crippen LogP contribution in [0.5, 0.6) is 0 Å². The van der Waals surface area contributed by atoms with Crippen LogP contribution in [0.1, 0.15) is 11.7 Å². The van der Waals surface area contributed by atoms with Gasteiger partial charge < -0.3 is 14.9 Å². The van der Waals surface area contributed by atoms with Crippen LogP contribution in [-0.2, 0) is 9.53 Å². The Morgan fingerprint density at radius 2 is 1.43 bits per heavy atom. The molecule has 21 heavy (non-hydrogen) atoms. The minimum atomic E-state index is -0.934. The van der Waals surface area contributed by atoms with Crippen LogP contribution in [0.4, 0.5) is 0 Å². The zero-order valence-electron chi connectivity index (χ0n) is 10.8. The molecule has 3 rings (SSSR count). The molecule has 0 bridgehead atoms. The monoisotopic (exact) mass is 346 g/mol. The van der Waals surface area contributed by atoms with E-state index in [4.69, 9.17) is 4.74 Å². The van der Waals surface area contributed by atoms with Crippen LogP contribution in [0.25, 0.3) is 11.1 Å². The molecule has 0 saturated carbocycles. The molecule has 0 aliphatic carbocycles. The Morgan fingerprint density at radius 3 is 1.90 bits per heavy atom. The van der Waals surface area contributed by atoms with E-state index in [9.17, 15) is 15.0 Å². The maximum Gasteiger partial charge on any atom is 0.378 e. The van der Waals surface area contributed by atoms with E-state index in [0.29, 0.717) is 5.56 Å². The number of ether oxygens (including phenoxy) is 1. The summed E-state index contributed by atoms with van der Waals surface area (Å²) in [4.78, 5) is 11.2. The van der Waals surface area contributed by atoms with E-state index in [-0.39, 0.29) is 0 Å². The molecule has 0 saturated heterocycles. The highest BCUT2D eigenvalue weighted by molar-refractivity contribution is 9.10. The SMILES string of the molecule is O=C1OC(c2ccc(-c3ccc(Br)cc3)cc2)C(O)=C1O. The van der Waals surface area contributed by atoms with Crippen LogP contribution in [0.2, 0.25) is 0 Å². The average Bonchev–Trinajstić information content (AvgIpc) is 2.76. The van der Waals surface area contributed by atoms with Crippen molar-refractivity contribution in [3.05, 3.63) is 70.1 Å². The Morgan fingerprint density at radius 1 is 0.905 bits per heavy atom. The van der Waals surface area contributed by atoms with Gasteiger partial charge in [0.2, 0.25) is 5.76 Å². The summed E-state index contributed by atoms with van der Waals surface area (Å²) in [6, 6.07) is 15.1. The van der Waals surface area contributed by atoms with E-state index >= 15 is 0 Å². The molecule has 1 heterocycles. The summed E-state index contributed by atoms with van der Waals surface area (Å²) in [7, 11) is 0. The average molecular weight is 347 g/mol. The standard InChI is InChI=1S/C16H11BrO4/c17-12-7-5-10(6-8-12)9-1-3-11(4-2-9)15-13(18)14(19)16(20)21-15/h1-8,15,18-19H. The molecule has 5 heteroatoms. The third-order valence-electron chi connectivity index (χ3n) is 3.30. The summed E-state index contributed by atoms with van der Waals surface area (Å²) in [5.74, 6) is -2.08. The van der Waals surface area contributed by atoms with Crippen molar-refractivity contribution in [2.75, 3.05) is 0 Å². The van der Waals surface area contributed by atoms with Crippen LogP contribution in [0, 0.1) is 0 Å². The van der Waals surface area contributed by atoms with E-state index in [1.54, 1.807) is 12.1 Å². The summed E-state index contributed by atoms with van der Waals surface area (Å²) < 4.78 is 5.92. The molecule has 4 nitrogen and oxygen atoms in total. The number of aliphatic hydroxyl groups is 2. The van der Waals surface area contributed by atoms with Gasteiger partial charge in [-0.05, 0) is 23.3 Å². The van der Waals surface area contributed by atoms with Crippen LogP contribution < -0.4 is 0 Å². The first-order chi connectivity index (χ1) is 10.1. The Hall–Kier alpha value is -2.27. The van der Waals surface area contributed by atoms with Crippen LogP contribution >= 0.6 is 15.9 Å². The van der Waals surface area contributed by atoms with Crippen molar-refractivity contribution in [1.82, 2.24) is 0 Å². The lowest BCUT2D eigenvalue weighted by molar-refractivity contribution is -0.142. The number of halogens is 1. The van der Waals surface area contributed by atoms with Gasteiger partial charge in [0.15, 0.2) is 11.9 Å². The molecule has 1 unspecified atom stereocenters. The van der Waals surface area contributed by atoms with Crippen molar-refractivity contribution in [3.63, 3.8) is 0 Å². The number of cyclic esters (lactones) is 1. The van der Waals surface area contributed by atoms with Gasteiger partial charge in [0.25, 0.3) is 0 Å². The highest BCUT2D eigenvalue weighted by Crippen LogP contribution is 2.33. The molecule has 0 aromatic heterocycles. The topological polar surface area (TPSA) is 66.8 Å². The van der Waals surface area contributed by atoms with Gasteiger partial charge >= 0.3 is 5.97 Å². The van der Waals surface area contributed by atoms with E-state index in [2.05, 4.69) is 15.9 Å².